The van der Waals surface area contributed by atoms with E-state index >= 15 is 0 Å². The van der Waals surface area contributed by atoms with E-state index in [0.29, 0.717) is 6.42 Å². The van der Waals surface area contributed by atoms with Crippen molar-refractivity contribution in [3.05, 3.63) is 24.0 Å². The molecular formula is C14H19FN2O4. The number of ether oxygens (including phenoxy) is 1. The Morgan fingerprint density at radius 2 is 2.05 bits per heavy atom. The fraction of sp³-hybridized carbons (Fsp3) is 0.429. The molecule has 21 heavy (non-hydrogen) atoms. The normalized spacial score (nSPS) is 11.9. The van der Waals surface area contributed by atoms with Crippen molar-refractivity contribution in [3.63, 3.8) is 0 Å². The molecule has 0 fully saturated rings. The molecule has 0 bridgehead atoms. The van der Waals surface area contributed by atoms with Gasteiger partial charge in [0.1, 0.15) is 6.04 Å². The van der Waals surface area contributed by atoms with Crippen molar-refractivity contribution in [2.24, 2.45) is 5.92 Å². The van der Waals surface area contributed by atoms with Gasteiger partial charge < -0.3 is 20.5 Å². The van der Waals surface area contributed by atoms with Gasteiger partial charge in [0.25, 0.3) is 0 Å². The van der Waals surface area contributed by atoms with Crippen LogP contribution in [0.25, 0.3) is 0 Å². The summed E-state index contributed by atoms with van der Waals surface area (Å²) in [7, 11) is 1.33. The molecule has 0 spiro atoms. The van der Waals surface area contributed by atoms with Crippen molar-refractivity contribution in [2.75, 3.05) is 12.4 Å². The Morgan fingerprint density at radius 1 is 1.38 bits per heavy atom. The smallest absolute Gasteiger partial charge is 0.326 e. The molecule has 116 valence electrons. The third kappa shape index (κ3) is 5.29. The van der Waals surface area contributed by atoms with Crippen LogP contribution in [-0.2, 0) is 4.79 Å². The molecule has 2 amide bonds. The summed E-state index contributed by atoms with van der Waals surface area (Å²) in [4.78, 5) is 22.8. The van der Waals surface area contributed by atoms with Crippen molar-refractivity contribution < 1.29 is 23.8 Å². The number of rotatable bonds is 6. The summed E-state index contributed by atoms with van der Waals surface area (Å²) in [5.41, 5.74) is 0.208. The zero-order chi connectivity index (χ0) is 16.0. The lowest BCUT2D eigenvalue weighted by Gasteiger charge is -2.17. The number of urea groups is 1. The Hall–Kier alpha value is -2.31. The third-order valence-electron chi connectivity index (χ3n) is 2.72. The second-order valence-electron chi connectivity index (χ2n) is 4.97. The maximum Gasteiger partial charge on any atom is 0.326 e. The predicted octanol–water partition coefficient (Wildman–Crippen LogP) is 2.46. The minimum absolute atomic E-state index is 0.0594. The topological polar surface area (TPSA) is 87.7 Å². The molecule has 1 aromatic carbocycles. The van der Waals surface area contributed by atoms with E-state index in [4.69, 9.17) is 9.84 Å². The highest BCUT2D eigenvalue weighted by Gasteiger charge is 2.21. The fourth-order valence-corrected chi connectivity index (χ4v) is 1.76. The summed E-state index contributed by atoms with van der Waals surface area (Å²) >= 11 is 0. The number of carbonyl (C=O) groups excluding carboxylic acids is 1. The van der Waals surface area contributed by atoms with E-state index in [-0.39, 0.29) is 17.4 Å². The third-order valence-corrected chi connectivity index (χ3v) is 2.72. The highest BCUT2D eigenvalue weighted by atomic mass is 19.1. The van der Waals surface area contributed by atoms with E-state index in [9.17, 15) is 14.0 Å². The second kappa shape index (κ2) is 7.47. The minimum atomic E-state index is -1.11. The molecule has 1 rings (SSSR count). The van der Waals surface area contributed by atoms with Crippen LogP contribution in [0, 0.1) is 11.7 Å². The van der Waals surface area contributed by atoms with Crippen molar-refractivity contribution >= 4 is 17.7 Å². The number of hydrogen-bond donors (Lipinski definition) is 3. The lowest BCUT2D eigenvalue weighted by molar-refractivity contribution is -0.139. The molecule has 1 aromatic rings. The lowest BCUT2D eigenvalue weighted by Crippen LogP contribution is -2.43. The average Bonchev–Trinajstić information content (AvgIpc) is 2.37. The van der Waals surface area contributed by atoms with Crippen molar-refractivity contribution in [1.29, 1.82) is 0 Å². The van der Waals surface area contributed by atoms with Gasteiger partial charge in [-0.3, -0.25) is 0 Å². The molecule has 0 radical (unpaired) electrons. The van der Waals surface area contributed by atoms with Gasteiger partial charge in [-0.15, -0.1) is 0 Å². The van der Waals surface area contributed by atoms with Gasteiger partial charge in [-0.25, -0.2) is 14.0 Å². The Kier molecular flexibility index (Phi) is 5.95. The first kappa shape index (κ1) is 16.7. The molecule has 0 aliphatic carbocycles. The van der Waals surface area contributed by atoms with Gasteiger partial charge in [0.15, 0.2) is 11.6 Å². The van der Waals surface area contributed by atoms with Crippen LogP contribution in [0.2, 0.25) is 0 Å². The number of halogens is 1. The number of methoxy groups -OCH3 is 1. The van der Waals surface area contributed by atoms with Crippen molar-refractivity contribution in [1.82, 2.24) is 5.32 Å². The summed E-state index contributed by atoms with van der Waals surface area (Å²) < 4.78 is 18.2. The van der Waals surface area contributed by atoms with Crippen LogP contribution in [0.4, 0.5) is 14.9 Å². The van der Waals surface area contributed by atoms with Gasteiger partial charge in [0.05, 0.1) is 7.11 Å². The van der Waals surface area contributed by atoms with E-state index in [0.717, 1.165) is 6.07 Å². The van der Waals surface area contributed by atoms with Crippen LogP contribution < -0.4 is 15.4 Å². The minimum Gasteiger partial charge on any atom is -0.494 e. The quantitative estimate of drug-likeness (QED) is 0.752. The van der Waals surface area contributed by atoms with Crippen LogP contribution in [0.15, 0.2) is 18.2 Å². The molecule has 0 aromatic heterocycles. The van der Waals surface area contributed by atoms with Crippen molar-refractivity contribution in [2.45, 2.75) is 26.3 Å². The predicted molar refractivity (Wildman–Crippen MR) is 76.0 cm³/mol. The molecular weight excluding hydrogens is 279 g/mol. The zero-order valence-electron chi connectivity index (χ0n) is 12.1. The summed E-state index contributed by atoms with van der Waals surface area (Å²) in [5.74, 6) is -1.55. The van der Waals surface area contributed by atoms with Gasteiger partial charge in [0, 0.05) is 11.8 Å². The van der Waals surface area contributed by atoms with Gasteiger partial charge in [0.2, 0.25) is 0 Å². The van der Waals surface area contributed by atoms with Crippen LogP contribution in [0.3, 0.4) is 0 Å². The first-order valence-electron chi connectivity index (χ1n) is 6.47. The molecule has 7 heteroatoms. The molecule has 0 aliphatic heterocycles. The summed E-state index contributed by atoms with van der Waals surface area (Å²) in [6.07, 6.45) is 0.305. The number of hydrogen-bond acceptors (Lipinski definition) is 3. The molecule has 3 N–H and O–H groups in total. The van der Waals surface area contributed by atoms with Crippen LogP contribution in [0.5, 0.6) is 5.75 Å². The number of amides is 2. The SMILES string of the molecule is COc1ccc(NC(=O)N[C@H](CC(C)C)C(=O)O)cc1F. The van der Waals surface area contributed by atoms with Gasteiger partial charge in [-0.1, -0.05) is 13.8 Å². The Bertz CT molecular complexity index is 520. The largest absolute Gasteiger partial charge is 0.494 e. The van der Waals surface area contributed by atoms with E-state index in [1.165, 1.54) is 19.2 Å². The Morgan fingerprint density at radius 3 is 2.52 bits per heavy atom. The Labute approximate surface area is 122 Å². The number of nitrogens with one attached hydrogen (secondary N) is 2. The number of carbonyl (C=O) groups is 2. The van der Waals surface area contributed by atoms with Gasteiger partial charge in [-0.2, -0.15) is 0 Å². The maximum atomic E-state index is 13.5. The first-order valence-corrected chi connectivity index (χ1v) is 6.47. The van der Waals surface area contributed by atoms with E-state index in [1.807, 2.05) is 13.8 Å². The van der Waals surface area contributed by atoms with E-state index in [2.05, 4.69) is 10.6 Å². The number of anilines is 1. The standard InChI is InChI=1S/C14H19FN2O4/c1-8(2)6-11(13(18)19)17-14(20)16-9-4-5-12(21-3)10(15)7-9/h4-5,7-8,11H,6H2,1-3H3,(H,18,19)(H2,16,17,20)/t11-/m1/s1. The summed E-state index contributed by atoms with van der Waals surface area (Å²) in [5, 5.41) is 13.8. The lowest BCUT2D eigenvalue weighted by atomic mass is 10.0. The molecule has 6 nitrogen and oxygen atoms in total. The summed E-state index contributed by atoms with van der Waals surface area (Å²) in [6, 6.07) is 2.23. The number of aliphatic carboxylic acids is 1. The Balaban J connectivity index is 2.67. The summed E-state index contributed by atoms with van der Waals surface area (Å²) in [6.45, 7) is 3.71. The molecule has 1 atom stereocenters. The average molecular weight is 298 g/mol. The molecule has 0 unspecified atom stereocenters. The van der Waals surface area contributed by atoms with E-state index < -0.39 is 23.9 Å². The maximum absolute atomic E-state index is 13.5. The van der Waals surface area contributed by atoms with Crippen LogP contribution in [0.1, 0.15) is 20.3 Å². The van der Waals surface area contributed by atoms with Crippen molar-refractivity contribution in [3.8, 4) is 5.75 Å². The number of carboxylic acid groups (broad SMARTS) is 1. The molecule has 0 saturated carbocycles. The van der Waals surface area contributed by atoms with Crippen LogP contribution in [-0.4, -0.2) is 30.3 Å². The highest BCUT2D eigenvalue weighted by molar-refractivity contribution is 5.92. The number of benzene rings is 1. The molecule has 0 saturated heterocycles. The molecule has 0 heterocycles. The zero-order valence-corrected chi connectivity index (χ0v) is 12.1. The van der Waals surface area contributed by atoms with Gasteiger partial charge in [-0.05, 0) is 24.5 Å². The fourth-order valence-electron chi connectivity index (χ4n) is 1.76. The van der Waals surface area contributed by atoms with E-state index in [1.54, 1.807) is 0 Å². The molecule has 0 aliphatic rings. The highest BCUT2D eigenvalue weighted by Crippen LogP contribution is 2.20. The van der Waals surface area contributed by atoms with Crippen LogP contribution >= 0.6 is 0 Å². The monoisotopic (exact) mass is 298 g/mol. The second-order valence-corrected chi connectivity index (χ2v) is 4.97. The first-order chi connectivity index (χ1) is 9.83. The van der Waals surface area contributed by atoms with Gasteiger partial charge >= 0.3 is 12.0 Å². The number of carboxylic acids is 1.